The molecule has 1 unspecified atom stereocenters. The number of nitrogens with one attached hydrogen (secondary N) is 1. The molecule has 0 fully saturated rings. The van der Waals surface area contributed by atoms with Gasteiger partial charge in [-0.15, -0.1) is 0 Å². The van der Waals surface area contributed by atoms with Crippen LogP contribution < -0.4 is 5.32 Å². The number of hydrogen-bond acceptors (Lipinski definition) is 2. The van der Waals surface area contributed by atoms with E-state index in [9.17, 15) is 5.11 Å². The lowest BCUT2D eigenvalue weighted by atomic mass is 10.0. The molecular formula is C11H16ClNO. The van der Waals surface area contributed by atoms with Crippen LogP contribution in [0.4, 0.5) is 0 Å². The largest absolute Gasteiger partial charge is 0.387 e. The van der Waals surface area contributed by atoms with Gasteiger partial charge in [0, 0.05) is 11.6 Å². The third-order valence-electron chi connectivity index (χ3n) is 2.30. The molecule has 0 aliphatic carbocycles. The van der Waals surface area contributed by atoms with Crippen molar-refractivity contribution in [2.24, 2.45) is 0 Å². The van der Waals surface area contributed by atoms with Gasteiger partial charge in [0.25, 0.3) is 0 Å². The van der Waals surface area contributed by atoms with Crippen molar-refractivity contribution in [3.63, 3.8) is 0 Å². The molecule has 3 heteroatoms. The highest BCUT2D eigenvalue weighted by Crippen LogP contribution is 2.24. The number of aryl methyl sites for hydroxylation is 2. The predicted octanol–water partition coefficient (Wildman–Crippen LogP) is 2.21. The Hall–Kier alpha value is -0.570. The van der Waals surface area contributed by atoms with Crippen LogP contribution in [0.2, 0.25) is 5.02 Å². The Morgan fingerprint density at radius 1 is 1.36 bits per heavy atom. The molecule has 0 spiro atoms. The molecule has 0 bridgehead atoms. The van der Waals surface area contributed by atoms with Gasteiger partial charge in [-0.05, 0) is 43.7 Å². The first-order valence-electron chi connectivity index (χ1n) is 4.65. The van der Waals surface area contributed by atoms with Crippen LogP contribution in [0.1, 0.15) is 22.8 Å². The summed E-state index contributed by atoms with van der Waals surface area (Å²) >= 11 is 5.97. The minimum Gasteiger partial charge on any atom is -0.387 e. The Bertz CT molecular complexity index is 325. The van der Waals surface area contributed by atoms with Crippen LogP contribution in [0.3, 0.4) is 0 Å². The van der Waals surface area contributed by atoms with Crippen LogP contribution in [0, 0.1) is 13.8 Å². The van der Waals surface area contributed by atoms with E-state index in [-0.39, 0.29) is 0 Å². The molecular weight excluding hydrogens is 198 g/mol. The Morgan fingerprint density at radius 2 is 2.00 bits per heavy atom. The molecule has 2 nitrogen and oxygen atoms in total. The normalized spacial score (nSPS) is 12.9. The van der Waals surface area contributed by atoms with E-state index >= 15 is 0 Å². The van der Waals surface area contributed by atoms with Gasteiger partial charge in [-0.3, -0.25) is 0 Å². The summed E-state index contributed by atoms with van der Waals surface area (Å²) in [5.41, 5.74) is 2.98. The number of likely N-dealkylation sites (N-methyl/N-ethyl adjacent to an activating group) is 1. The van der Waals surface area contributed by atoms with E-state index in [1.54, 1.807) is 0 Å². The predicted molar refractivity (Wildman–Crippen MR) is 59.8 cm³/mol. The Balaban J connectivity index is 3.02. The van der Waals surface area contributed by atoms with Gasteiger partial charge < -0.3 is 10.4 Å². The maximum atomic E-state index is 9.81. The molecule has 2 N–H and O–H groups in total. The number of halogens is 1. The summed E-state index contributed by atoms with van der Waals surface area (Å²) in [5, 5.41) is 13.5. The van der Waals surface area contributed by atoms with Crippen LogP contribution in [0.5, 0.6) is 0 Å². The first-order valence-corrected chi connectivity index (χ1v) is 5.03. The van der Waals surface area contributed by atoms with E-state index < -0.39 is 6.10 Å². The van der Waals surface area contributed by atoms with Crippen molar-refractivity contribution in [3.8, 4) is 0 Å². The number of benzene rings is 1. The van der Waals surface area contributed by atoms with Crippen molar-refractivity contribution in [2.75, 3.05) is 13.6 Å². The summed E-state index contributed by atoms with van der Waals surface area (Å²) in [6, 6.07) is 3.84. The molecule has 1 aromatic rings. The van der Waals surface area contributed by atoms with E-state index in [0.717, 1.165) is 21.7 Å². The lowest BCUT2D eigenvalue weighted by Gasteiger charge is -2.14. The van der Waals surface area contributed by atoms with Crippen molar-refractivity contribution >= 4 is 11.6 Å². The Labute approximate surface area is 89.9 Å². The fourth-order valence-corrected chi connectivity index (χ4v) is 1.68. The van der Waals surface area contributed by atoms with Gasteiger partial charge in [0.05, 0.1) is 6.10 Å². The summed E-state index contributed by atoms with van der Waals surface area (Å²) in [6.07, 6.45) is -0.462. The van der Waals surface area contributed by atoms with E-state index in [1.165, 1.54) is 0 Å². The Kier molecular flexibility index (Phi) is 3.93. The van der Waals surface area contributed by atoms with Crippen molar-refractivity contribution < 1.29 is 5.11 Å². The zero-order valence-electron chi connectivity index (χ0n) is 8.76. The molecule has 0 aromatic heterocycles. The molecule has 0 saturated carbocycles. The van der Waals surface area contributed by atoms with Gasteiger partial charge in [0.2, 0.25) is 0 Å². The minimum atomic E-state index is -0.462. The highest BCUT2D eigenvalue weighted by Gasteiger charge is 2.10. The molecule has 0 heterocycles. The second-order valence-electron chi connectivity index (χ2n) is 3.53. The Morgan fingerprint density at radius 3 is 2.57 bits per heavy atom. The van der Waals surface area contributed by atoms with Crippen molar-refractivity contribution in [1.82, 2.24) is 5.32 Å². The highest BCUT2D eigenvalue weighted by molar-refractivity contribution is 6.31. The quantitative estimate of drug-likeness (QED) is 0.807. The van der Waals surface area contributed by atoms with E-state index in [0.29, 0.717) is 6.54 Å². The standard InChI is InChI=1S/C11H16ClNO/c1-7-5-10(12)8(2)4-9(7)11(14)6-13-3/h4-5,11,13-14H,6H2,1-3H3. The minimum absolute atomic E-state index is 0.462. The van der Waals surface area contributed by atoms with Gasteiger partial charge in [-0.2, -0.15) is 0 Å². The molecule has 1 atom stereocenters. The highest BCUT2D eigenvalue weighted by atomic mass is 35.5. The molecule has 14 heavy (non-hydrogen) atoms. The SMILES string of the molecule is CNCC(O)c1cc(C)c(Cl)cc1C. The first-order chi connectivity index (χ1) is 6.56. The summed E-state index contributed by atoms with van der Waals surface area (Å²) in [4.78, 5) is 0. The lowest BCUT2D eigenvalue weighted by Crippen LogP contribution is -2.17. The first kappa shape index (κ1) is 11.5. The molecule has 0 saturated heterocycles. The summed E-state index contributed by atoms with van der Waals surface area (Å²) < 4.78 is 0. The summed E-state index contributed by atoms with van der Waals surface area (Å²) in [5.74, 6) is 0. The smallest absolute Gasteiger partial charge is 0.0916 e. The van der Waals surface area contributed by atoms with E-state index in [1.807, 2.05) is 33.0 Å². The fourth-order valence-electron chi connectivity index (χ4n) is 1.47. The number of hydrogen-bond donors (Lipinski definition) is 2. The monoisotopic (exact) mass is 213 g/mol. The number of aliphatic hydroxyl groups excluding tert-OH is 1. The van der Waals surface area contributed by atoms with Gasteiger partial charge >= 0.3 is 0 Å². The fraction of sp³-hybridized carbons (Fsp3) is 0.455. The summed E-state index contributed by atoms with van der Waals surface area (Å²) in [7, 11) is 1.82. The van der Waals surface area contributed by atoms with Gasteiger partial charge in [0.15, 0.2) is 0 Å². The average molecular weight is 214 g/mol. The van der Waals surface area contributed by atoms with Gasteiger partial charge in [0.1, 0.15) is 0 Å². The van der Waals surface area contributed by atoms with Gasteiger partial charge in [-0.1, -0.05) is 17.7 Å². The third kappa shape index (κ3) is 2.47. The second-order valence-corrected chi connectivity index (χ2v) is 3.94. The zero-order chi connectivity index (χ0) is 10.7. The lowest BCUT2D eigenvalue weighted by molar-refractivity contribution is 0.177. The molecule has 78 valence electrons. The maximum absolute atomic E-state index is 9.81. The van der Waals surface area contributed by atoms with Crippen LogP contribution in [0.25, 0.3) is 0 Å². The van der Waals surface area contributed by atoms with Crippen molar-refractivity contribution in [2.45, 2.75) is 20.0 Å². The topological polar surface area (TPSA) is 32.3 Å². The summed E-state index contributed by atoms with van der Waals surface area (Å²) in [6.45, 7) is 4.46. The van der Waals surface area contributed by atoms with Crippen molar-refractivity contribution in [1.29, 1.82) is 0 Å². The molecule has 0 aliphatic rings. The van der Waals surface area contributed by atoms with E-state index in [2.05, 4.69) is 5.32 Å². The molecule has 0 amide bonds. The number of aliphatic hydroxyl groups is 1. The molecule has 1 aromatic carbocycles. The molecule has 0 radical (unpaired) electrons. The van der Waals surface area contributed by atoms with Crippen LogP contribution in [0.15, 0.2) is 12.1 Å². The van der Waals surface area contributed by atoms with Gasteiger partial charge in [-0.25, -0.2) is 0 Å². The van der Waals surface area contributed by atoms with Crippen molar-refractivity contribution in [3.05, 3.63) is 33.8 Å². The zero-order valence-corrected chi connectivity index (χ0v) is 9.52. The molecule has 1 rings (SSSR count). The average Bonchev–Trinajstić information content (AvgIpc) is 2.11. The van der Waals surface area contributed by atoms with E-state index in [4.69, 9.17) is 11.6 Å². The van der Waals surface area contributed by atoms with Crippen LogP contribution in [-0.4, -0.2) is 18.7 Å². The second kappa shape index (κ2) is 4.78. The number of rotatable bonds is 3. The molecule has 0 aliphatic heterocycles. The van der Waals surface area contributed by atoms with Crippen LogP contribution in [-0.2, 0) is 0 Å². The van der Waals surface area contributed by atoms with Crippen LogP contribution >= 0.6 is 11.6 Å². The maximum Gasteiger partial charge on any atom is 0.0916 e. The third-order valence-corrected chi connectivity index (χ3v) is 2.71.